The summed E-state index contributed by atoms with van der Waals surface area (Å²) in [7, 11) is 1.61. The predicted molar refractivity (Wildman–Crippen MR) is 97.5 cm³/mol. The Balaban J connectivity index is 0.00000288. The van der Waals surface area contributed by atoms with Crippen LogP contribution in [0.1, 0.15) is 32.1 Å². The second kappa shape index (κ2) is 9.74. The molecule has 2 rings (SSSR count). The van der Waals surface area contributed by atoms with E-state index in [-0.39, 0.29) is 48.3 Å². The van der Waals surface area contributed by atoms with Crippen molar-refractivity contribution in [2.45, 2.75) is 38.9 Å². The van der Waals surface area contributed by atoms with E-state index in [0.29, 0.717) is 18.9 Å². The zero-order valence-electron chi connectivity index (χ0n) is 13.7. The van der Waals surface area contributed by atoms with Crippen LogP contribution in [0, 0.1) is 0 Å². The summed E-state index contributed by atoms with van der Waals surface area (Å²) in [6.45, 7) is 0.708. The zero-order chi connectivity index (χ0) is 16.8. The Morgan fingerprint density at radius 3 is 2.92 bits per heavy atom. The third kappa shape index (κ3) is 5.28. The van der Waals surface area contributed by atoms with Gasteiger partial charge < -0.3 is 15.5 Å². The van der Waals surface area contributed by atoms with Gasteiger partial charge in [0.15, 0.2) is 5.96 Å². The largest absolute Gasteiger partial charge is 0.352 e. The van der Waals surface area contributed by atoms with Crippen molar-refractivity contribution in [3.05, 3.63) is 18.2 Å². The van der Waals surface area contributed by atoms with Gasteiger partial charge in [0.2, 0.25) is 5.91 Å². The molecular formula is C14H23F2IN6O. The normalized spacial score (nSPS) is 17.8. The van der Waals surface area contributed by atoms with Gasteiger partial charge in [-0.25, -0.2) is 4.98 Å². The maximum absolute atomic E-state index is 12.8. The summed E-state index contributed by atoms with van der Waals surface area (Å²) in [5, 5.41) is 6.18. The number of nitrogens with zero attached hydrogens (tertiary/aromatic N) is 4. The van der Waals surface area contributed by atoms with Gasteiger partial charge in [-0.05, 0) is 6.42 Å². The monoisotopic (exact) mass is 456 g/mol. The van der Waals surface area contributed by atoms with Crippen LogP contribution in [-0.4, -0.2) is 52.5 Å². The third-order valence-corrected chi connectivity index (χ3v) is 3.78. The second-order valence-electron chi connectivity index (χ2n) is 5.28. The maximum atomic E-state index is 12.8. The number of alkyl halides is 2. The van der Waals surface area contributed by atoms with Gasteiger partial charge in [-0.3, -0.25) is 14.4 Å². The van der Waals surface area contributed by atoms with Crippen molar-refractivity contribution in [1.29, 1.82) is 0 Å². The van der Waals surface area contributed by atoms with Crippen molar-refractivity contribution >= 4 is 35.8 Å². The summed E-state index contributed by atoms with van der Waals surface area (Å²) in [5.41, 5.74) is 0. The highest BCUT2D eigenvalue weighted by molar-refractivity contribution is 14.0. The van der Waals surface area contributed by atoms with Gasteiger partial charge >= 0.3 is 6.55 Å². The van der Waals surface area contributed by atoms with Crippen molar-refractivity contribution < 1.29 is 13.6 Å². The minimum Gasteiger partial charge on any atom is -0.352 e. The van der Waals surface area contributed by atoms with Crippen molar-refractivity contribution in [1.82, 2.24) is 25.1 Å². The van der Waals surface area contributed by atoms with Gasteiger partial charge in [0.1, 0.15) is 5.82 Å². The molecule has 2 heterocycles. The number of nitrogens with one attached hydrogen (secondary N) is 2. The molecule has 0 aliphatic carbocycles. The molecule has 1 unspecified atom stereocenters. The van der Waals surface area contributed by atoms with Crippen molar-refractivity contribution in [2.24, 2.45) is 4.99 Å². The molecule has 1 aromatic heterocycles. The Hall–Kier alpha value is -1.46. The van der Waals surface area contributed by atoms with Crippen LogP contribution in [-0.2, 0) is 11.3 Å². The number of halogens is 3. The molecule has 0 bridgehead atoms. The first-order valence-electron chi connectivity index (χ1n) is 7.60. The average molecular weight is 456 g/mol. The van der Waals surface area contributed by atoms with E-state index >= 15 is 0 Å². The highest BCUT2D eigenvalue weighted by Gasteiger charge is 2.25. The number of aromatic nitrogens is 2. The molecule has 1 fully saturated rings. The lowest BCUT2D eigenvalue weighted by Gasteiger charge is -2.18. The van der Waals surface area contributed by atoms with Crippen molar-refractivity contribution in [3.8, 4) is 0 Å². The number of amides is 1. The molecule has 1 amide bonds. The molecule has 136 valence electrons. The average Bonchev–Trinajstić information content (AvgIpc) is 3.19. The Morgan fingerprint density at radius 2 is 2.29 bits per heavy atom. The molecule has 7 nitrogen and oxygen atoms in total. The molecule has 1 saturated heterocycles. The van der Waals surface area contributed by atoms with E-state index in [1.165, 1.54) is 12.4 Å². The summed E-state index contributed by atoms with van der Waals surface area (Å²) in [6.07, 6.45) is 3.90. The van der Waals surface area contributed by atoms with Gasteiger partial charge in [0.05, 0.1) is 6.54 Å². The lowest BCUT2D eigenvalue weighted by atomic mass is 10.3. The first kappa shape index (κ1) is 20.6. The molecular weight excluding hydrogens is 433 g/mol. The molecule has 0 spiro atoms. The number of aliphatic imine (C=N–C) groups is 1. The standard InChI is InChI=1S/C14H22F2N6O.HI/c1-3-12(23)21-6-4-10(9-21)20-14(17-2)19-8-11-18-5-7-22(11)13(15)16;/h5,7,10,13H,3-4,6,8-9H2,1-2H3,(H2,17,19,20);1H. The maximum Gasteiger partial charge on any atom is 0.319 e. The minimum atomic E-state index is -2.62. The summed E-state index contributed by atoms with van der Waals surface area (Å²) in [6, 6.07) is 0.103. The summed E-state index contributed by atoms with van der Waals surface area (Å²) in [4.78, 5) is 21.5. The van der Waals surface area contributed by atoms with Gasteiger partial charge in [-0.2, -0.15) is 8.78 Å². The van der Waals surface area contributed by atoms with E-state index in [9.17, 15) is 13.6 Å². The molecule has 1 aromatic rings. The quantitative estimate of drug-likeness (QED) is 0.401. The second-order valence-corrected chi connectivity index (χ2v) is 5.28. The molecule has 0 radical (unpaired) electrons. The fraction of sp³-hybridized carbons (Fsp3) is 0.643. The van der Waals surface area contributed by atoms with Crippen LogP contribution in [0.2, 0.25) is 0 Å². The van der Waals surface area contributed by atoms with E-state index in [0.717, 1.165) is 17.5 Å². The lowest BCUT2D eigenvalue weighted by Crippen LogP contribution is -2.45. The smallest absolute Gasteiger partial charge is 0.319 e. The molecule has 2 N–H and O–H groups in total. The fourth-order valence-electron chi connectivity index (χ4n) is 2.54. The number of carbonyl (C=O) groups is 1. The Kier molecular flexibility index (Phi) is 8.36. The highest BCUT2D eigenvalue weighted by Crippen LogP contribution is 2.12. The van der Waals surface area contributed by atoms with E-state index in [4.69, 9.17) is 0 Å². The number of likely N-dealkylation sites (tertiary alicyclic amines) is 1. The van der Waals surface area contributed by atoms with Gasteiger partial charge in [-0.1, -0.05) is 6.92 Å². The van der Waals surface area contributed by atoms with Gasteiger partial charge in [0.25, 0.3) is 0 Å². The van der Waals surface area contributed by atoms with E-state index in [1.54, 1.807) is 7.05 Å². The van der Waals surface area contributed by atoms with E-state index < -0.39 is 6.55 Å². The fourth-order valence-corrected chi connectivity index (χ4v) is 2.54. The first-order chi connectivity index (χ1) is 11.0. The van der Waals surface area contributed by atoms with Crippen LogP contribution in [0.15, 0.2) is 17.4 Å². The van der Waals surface area contributed by atoms with Crippen LogP contribution in [0.4, 0.5) is 8.78 Å². The molecule has 24 heavy (non-hydrogen) atoms. The zero-order valence-corrected chi connectivity index (χ0v) is 16.0. The number of imidazole rings is 1. The van der Waals surface area contributed by atoms with Gasteiger partial charge in [0, 0.05) is 45.0 Å². The number of carbonyl (C=O) groups excluding carboxylic acids is 1. The van der Waals surface area contributed by atoms with Crippen molar-refractivity contribution in [2.75, 3.05) is 20.1 Å². The summed E-state index contributed by atoms with van der Waals surface area (Å²) >= 11 is 0. The van der Waals surface area contributed by atoms with E-state index in [2.05, 4.69) is 20.6 Å². The minimum absolute atomic E-state index is 0. The Morgan fingerprint density at radius 1 is 1.54 bits per heavy atom. The molecule has 1 aliphatic heterocycles. The SMILES string of the molecule is CCC(=O)N1CCC(NC(=NC)NCc2nccn2C(F)F)C1.I. The Labute approximate surface area is 156 Å². The number of rotatable bonds is 5. The van der Waals surface area contributed by atoms with Crippen molar-refractivity contribution in [3.63, 3.8) is 0 Å². The highest BCUT2D eigenvalue weighted by atomic mass is 127. The van der Waals surface area contributed by atoms with Gasteiger partial charge in [-0.15, -0.1) is 24.0 Å². The number of guanidine groups is 1. The molecule has 1 atom stereocenters. The van der Waals surface area contributed by atoms with Crippen LogP contribution in [0.5, 0.6) is 0 Å². The topological polar surface area (TPSA) is 74.6 Å². The first-order valence-corrected chi connectivity index (χ1v) is 7.60. The predicted octanol–water partition coefficient (Wildman–Crippen LogP) is 1.57. The van der Waals surface area contributed by atoms with E-state index in [1.807, 2.05) is 11.8 Å². The van der Waals surface area contributed by atoms with Crippen LogP contribution in [0.3, 0.4) is 0 Å². The molecule has 10 heteroatoms. The Bertz CT molecular complexity index is 565. The summed E-state index contributed by atoms with van der Waals surface area (Å²) < 4.78 is 26.3. The molecule has 1 aliphatic rings. The third-order valence-electron chi connectivity index (χ3n) is 3.78. The van der Waals surface area contributed by atoms with Crippen LogP contribution < -0.4 is 10.6 Å². The van der Waals surface area contributed by atoms with Crippen LogP contribution >= 0.6 is 24.0 Å². The number of hydrogen-bond acceptors (Lipinski definition) is 3. The van der Waals surface area contributed by atoms with Crippen LogP contribution in [0.25, 0.3) is 0 Å². The molecule has 0 aromatic carbocycles. The lowest BCUT2D eigenvalue weighted by molar-refractivity contribution is -0.129. The number of hydrogen-bond donors (Lipinski definition) is 2. The summed E-state index contributed by atoms with van der Waals surface area (Å²) in [5.74, 6) is 0.873. The molecule has 0 saturated carbocycles.